The third-order valence-corrected chi connectivity index (χ3v) is 1.78. The summed E-state index contributed by atoms with van der Waals surface area (Å²) in [6, 6.07) is 8.06. The number of rotatable bonds is 0. The minimum atomic E-state index is 0.213. The molecule has 1 heteroatoms. The highest BCUT2D eigenvalue weighted by Gasteiger charge is 2.07. The van der Waals surface area contributed by atoms with E-state index in [1.165, 1.54) is 5.56 Å². The van der Waals surface area contributed by atoms with Crippen LogP contribution in [0.2, 0.25) is 0 Å². The molecule has 1 aromatic carbocycles. The van der Waals surface area contributed by atoms with Crippen molar-refractivity contribution in [2.45, 2.75) is 13.0 Å². The lowest BCUT2D eigenvalue weighted by atomic mass is 10.1. The second-order valence-electron chi connectivity index (χ2n) is 2.72. The average molecular weight is 146 g/mol. The molecule has 1 heterocycles. The van der Waals surface area contributed by atoms with Gasteiger partial charge in [0.25, 0.3) is 0 Å². The van der Waals surface area contributed by atoms with E-state index in [9.17, 15) is 0 Å². The lowest BCUT2D eigenvalue weighted by Crippen LogP contribution is -2.11. The summed E-state index contributed by atoms with van der Waals surface area (Å²) in [5.74, 6) is 0.988. The van der Waals surface area contributed by atoms with Gasteiger partial charge in [-0.25, -0.2) is 0 Å². The Hall–Kier alpha value is -1.24. The molecule has 1 aliphatic rings. The molecule has 11 heavy (non-hydrogen) atoms. The molecule has 56 valence electrons. The van der Waals surface area contributed by atoms with E-state index in [1.54, 1.807) is 0 Å². The molecule has 0 aliphatic carbocycles. The van der Waals surface area contributed by atoms with E-state index in [2.05, 4.69) is 18.2 Å². The molecule has 2 rings (SSSR count). The van der Waals surface area contributed by atoms with E-state index < -0.39 is 0 Å². The molecule has 1 atom stereocenters. The standard InChI is InChI=1S/C10H10O/c1-8-6-7-9-4-2-3-5-10(9)11-8/h2-8H,1H3. The maximum atomic E-state index is 5.54. The van der Waals surface area contributed by atoms with Gasteiger partial charge < -0.3 is 4.74 Å². The topological polar surface area (TPSA) is 9.23 Å². The van der Waals surface area contributed by atoms with Crippen LogP contribution in [-0.2, 0) is 0 Å². The van der Waals surface area contributed by atoms with Gasteiger partial charge in [0.15, 0.2) is 0 Å². The first-order valence-electron chi connectivity index (χ1n) is 3.80. The third-order valence-electron chi connectivity index (χ3n) is 1.78. The quantitative estimate of drug-likeness (QED) is 0.546. The van der Waals surface area contributed by atoms with Gasteiger partial charge in [0.05, 0.1) is 0 Å². The van der Waals surface area contributed by atoms with Crippen LogP contribution < -0.4 is 4.74 Å². The van der Waals surface area contributed by atoms with E-state index in [-0.39, 0.29) is 6.10 Å². The zero-order valence-corrected chi connectivity index (χ0v) is 6.45. The first-order valence-corrected chi connectivity index (χ1v) is 3.80. The second-order valence-corrected chi connectivity index (χ2v) is 2.72. The van der Waals surface area contributed by atoms with Crippen molar-refractivity contribution in [3.63, 3.8) is 0 Å². The molecule has 0 spiro atoms. The highest BCUT2D eigenvalue weighted by molar-refractivity contribution is 5.59. The summed E-state index contributed by atoms with van der Waals surface area (Å²) in [6.07, 6.45) is 4.37. The summed E-state index contributed by atoms with van der Waals surface area (Å²) in [4.78, 5) is 0. The number of hydrogen-bond donors (Lipinski definition) is 0. The van der Waals surface area contributed by atoms with E-state index in [1.807, 2.05) is 25.1 Å². The van der Waals surface area contributed by atoms with Crippen LogP contribution in [0.25, 0.3) is 6.08 Å². The largest absolute Gasteiger partial charge is 0.486 e. The van der Waals surface area contributed by atoms with Crippen molar-refractivity contribution in [3.05, 3.63) is 35.9 Å². The van der Waals surface area contributed by atoms with E-state index in [0.717, 1.165) is 5.75 Å². The van der Waals surface area contributed by atoms with Crippen LogP contribution in [0.5, 0.6) is 5.75 Å². The predicted molar refractivity (Wildman–Crippen MR) is 45.6 cm³/mol. The van der Waals surface area contributed by atoms with Gasteiger partial charge in [-0.3, -0.25) is 0 Å². The molecular weight excluding hydrogens is 136 g/mol. The van der Waals surface area contributed by atoms with Gasteiger partial charge in [0.1, 0.15) is 11.9 Å². The van der Waals surface area contributed by atoms with E-state index in [4.69, 9.17) is 4.74 Å². The van der Waals surface area contributed by atoms with Gasteiger partial charge in [0, 0.05) is 5.56 Å². The van der Waals surface area contributed by atoms with Crippen LogP contribution in [0.1, 0.15) is 12.5 Å². The molecule has 1 unspecified atom stereocenters. The van der Waals surface area contributed by atoms with Crippen LogP contribution in [0, 0.1) is 0 Å². The van der Waals surface area contributed by atoms with Gasteiger partial charge in [-0.15, -0.1) is 0 Å². The molecule has 0 saturated carbocycles. The molecule has 0 amide bonds. The van der Waals surface area contributed by atoms with Gasteiger partial charge in [-0.1, -0.05) is 24.3 Å². The highest BCUT2D eigenvalue weighted by atomic mass is 16.5. The number of benzene rings is 1. The van der Waals surface area contributed by atoms with Gasteiger partial charge >= 0.3 is 0 Å². The second kappa shape index (κ2) is 2.42. The molecule has 0 N–H and O–H groups in total. The van der Waals surface area contributed by atoms with Gasteiger partial charge in [-0.2, -0.15) is 0 Å². The third kappa shape index (κ3) is 1.14. The monoisotopic (exact) mass is 146 g/mol. The SMILES string of the molecule is CC1C=Cc2ccccc2O1. The summed E-state index contributed by atoms with van der Waals surface area (Å²) in [5, 5.41) is 0. The zero-order chi connectivity index (χ0) is 7.68. The Labute approximate surface area is 66.3 Å². The smallest absolute Gasteiger partial charge is 0.127 e. The molecular formula is C10H10O. The molecule has 0 aromatic heterocycles. The summed E-state index contributed by atoms with van der Waals surface area (Å²) < 4.78 is 5.54. The van der Waals surface area contributed by atoms with Crippen molar-refractivity contribution in [2.75, 3.05) is 0 Å². The van der Waals surface area contributed by atoms with Crippen LogP contribution in [0.4, 0.5) is 0 Å². The Kier molecular flexibility index (Phi) is 1.42. The summed E-state index contributed by atoms with van der Waals surface area (Å²) in [6.45, 7) is 2.03. The van der Waals surface area contributed by atoms with Gasteiger partial charge in [0.2, 0.25) is 0 Å². The lowest BCUT2D eigenvalue weighted by molar-refractivity contribution is 0.266. The number of para-hydroxylation sites is 1. The fraction of sp³-hybridized carbons (Fsp3) is 0.200. The highest BCUT2D eigenvalue weighted by Crippen LogP contribution is 2.24. The Morgan fingerprint density at radius 1 is 1.27 bits per heavy atom. The molecule has 1 aromatic rings. The molecule has 0 fully saturated rings. The summed E-state index contributed by atoms with van der Waals surface area (Å²) in [7, 11) is 0. The molecule has 0 bridgehead atoms. The van der Waals surface area contributed by atoms with Crippen molar-refractivity contribution < 1.29 is 4.74 Å². The molecule has 1 nitrogen and oxygen atoms in total. The molecule has 0 saturated heterocycles. The Morgan fingerprint density at radius 2 is 2.09 bits per heavy atom. The predicted octanol–water partition coefficient (Wildman–Crippen LogP) is 2.48. The minimum Gasteiger partial charge on any atom is -0.486 e. The number of fused-ring (bicyclic) bond motifs is 1. The van der Waals surface area contributed by atoms with Crippen LogP contribution >= 0.6 is 0 Å². The number of ether oxygens (including phenoxy) is 1. The maximum absolute atomic E-state index is 5.54. The van der Waals surface area contributed by atoms with Crippen molar-refractivity contribution in [1.29, 1.82) is 0 Å². The number of hydrogen-bond acceptors (Lipinski definition) is 1. The minimum absolute atomic E-state index is 0.213. The normalized spacial score (nSPS) is 20.6. The Balaban J connectivity index is 2.46. The van der Waals surface area contributed by atoms with Crippen molar-refractivity contribution >= 4 is 6.08 Å². The van der Waals surface area contributed by atoms with Crippen LogP contribution in [0.15, 0.2) is 30.3 Å². The van der Waals surface area contributed by atoms with E-state index in [0.29, 0.717) is 0 Å². The van der Waals surface area contributed by atoms with E-state index >= 15 is 0 Å². The first kappa shape index (κ1) is 6.47. The summed E-state index contributed by atoms with van der Waals surface area (Å²) >= 11 is 0. The fourth-order valence-electron chi connectivity index (χ4n) is 1.20. The van der Waals surface area contributed by atoms with Crippen molar-refractivity contribution in [1.82, 2.24) is 0 Å². The molecule has 0 radical (unpaired) electrons. The molecule has 1 aliphatic heterocycles. The first-order chi connectivity index (χ1) is 5.36. The van der Waals surface area contributed by atoms with Gasteiger partial charge in [-0.05, 0) is 19.1 Å². The maximum Gasteiger partial charge on any atom is 0.127 e. The van der Waals surface area contributed by atoms with Crippen LogP contribution in [-0.4, -0.2) is 6.10 Å². The zero-order valence-electron chi connectivity index (χ0n) is 6.45. The van der Waals surface area contributed by atoms with Crippen LogP contribution in [0.3, 0.4) is 0 Å². The lowest BCUT2D eigenvalue weighted by Gasteiger charge is -2.17. The Bertz CT molecular complexity index is 289. The Morgan fingerprint density at radius 3 is 3.00 bits per heavy atom. The fourth-order valence-corrected chi connectivity index (χ4v) is 1.20. The summed E-state index contributed by atoms with van der Waals surface area (Å²) in [5.41, 5.74) is 1.17. The average Bonchev–Trinajstić information content (AvgIpc) is 2.04. The van der Waals surface area contributed by atoms with Crippen molar-refractivity contribution in [3.8, 4) is 5.75 Å². The van der Waals surface area contributed by atoms with Crippen molar-refractivity contribution in [2.24, 2.45) is 0 Å².